The highest BCUT2D eigenvalue weighted by atomic mass is 32.2. The SMILES string of the molecule is Cc1ccc(S(=O)(=O)C=C2CC(CC(F)(F)F)(c3ccccc3)ON2)cc1. The lowest BCUT2D eigenvalue weighted by Crippen LogP contribution is -2.32. The smallest absolute Gasteiger partial charge is 0.269 e. The molecule has 1 aliphatic rings. The molecule has 8 heteroatoms. The summed E-state index contributed by atoms with van der Waals surface area (Å²) in [5.74, 6) is 0. The summed E-state index contributed by atoms with van der Waals surface area (Å²) in [6.07, 6.45) is -5.96. The molecule has 2 aromatic rings. The Morgan fingerprint density at radius 3 is 2.33 bits per heavy atom. The van der Waals surface area contributed by atoms with Gasteiger partial charge in [-0.15, -0.1) is 0 Å². The van der Waals surface area contributed by atoms with Gasteiger partial charge in [0.15, 0.2) is 0 Å². The van der Waals surface area contributed by atoms with Crippen LogP contribution in [0.2, 0.25) is 0 Å². The van der Waals surface area contributed by atoms with Crippen molar-refractivity contribution in [3.63, 3.8) is 0 Å². The zero-order valence-corrected chi connectivity index (χ0v) is 15.3. The van der Waals surface area contributed by atoms with Gasteiger partial charge >= 0.3 is 6.18 Å². The van der Waals surface area contributed by atoms with E-state index in [0.29, 0.717) is 5.56 Å². The quantitative estimate of drug-likeness (QED) is 0.832. The van der Waals surface area contributed by atoms with Gasteiger partial charge in [-0.1, -0.05) is 48.0 Å². The van der Waals surface area contributed by atoms with Crippen molar-refractivity contribution in [2.75, 3.05) is 0 Å². The predicted octanol–water partition coefficient (Wildman–Crippen LogP) is 4.38. The second kappa shape index (κ2) is 7.01. The molecule has 0 saturated carbocycles. The molecular weight excluding hydrogens is 379 g/mol. The molecule has 0 aliphatic carbocycles. The third-order valence-electron chi connectivity index (χ3n) is 4.29. The van der Waals surface area contributed by atoms with E-state index in [4.69, 9.17) is 4.84 Å². The lowest BCUT2D eigenvalue weighted by molar-refractivity contribution is -0.192. The number of nitrogens with one attached hydrogen (secondary N) is 1. The summed E-state index contributed by atoms with van der Waals surface area (Å²) in [5, 5.41) is 0.929. The van der Waals surface area contributed by atoms with Crippen LogP contribution in [0.1, 0.15) is 24.0 Å². The highest BCUT2D eigenvalue weighted by Gasteiger charge is 2.49. The highest BCUT2D eigenvalue weighted by molar-refractivity contribution is 7.94. The Morgan fingerprint density at radius 1 is 1.11 bits per heavy atom. The summed E-state index contributed by atoms with van der Waals surface area (Å²) >= 11 is 0. The van der Waals surface area contributed by atoms with E-state index in [1.165, 1.54) is 24.3 Å². The summed E-state index contributed by atoms with van der Waals surface area (Å²) in [6, 6.07) is 14.2. The van der Waals surface area contributed by atoms with Crippen molar-refractivity contribution in [3.05, 3.63) is 76.8 Å². The van der Waals surface area contributed by atoms with Crippen LogP contribution in [0.5, 0.6) is 0 Å². The molecule has 144 valence electrons. The molecule has 0 amide bonds. The van der Waals surface area contributed by atoms with Crippen molar-refractivity contribution < 1.29 is 26.4 Å². The van der Waals surface area contributed by atoms with Crippen molar-refractivity contribution >= 4 is 9.84 Å². The normalized spacial score (nSPS) is 22.0. The van der Waals surface area contributed by atoms with Crippen LogP contribution in [0.15, 0.2) is 70.6 Å². The Labute approximate surface area is 155 Å². The Balaban J connectivity index is 1.94. The van der Waals surface area contributed by atoms with Gasteiger partial charge < -0.3 is 0 Å². The molecule has 2 aromatic carbocycles. The summed E-state index contributed by atoms with van der Waals surface area (Å²) < 4.78 is 64.6. The summed E-state index contributed by atoms with van der Waals surface area (Å²) in [7, 11) is -3.82. The molecule has 3 rings (SSSR count). The zero-order chi connectivity index (χ0) is 19.7. The summed E-state index contributed by atoms with van der Waals surface area (Å²) in [5.41, 5.74) is 1.97. The van der Waals surface area contributed by atoms with Crippen LogP contribution in [0.4, 0.5) is 13.2 Å². The minimum atomic E-state index is -4.48. The average molecular weight is 397 g/mol. The minimum absolute atomic E-state index is 0.0652. The van der Waals surface area contributed by atoms with Crippen LogP contribution in [-0.4, -0.2) is 14.6 Å². The molecule has 27 heavy (non-hydrogen) atoms. The van der Waals surface area contributed by atoms with Crippen LogP contribution in [0, 0.1) is 6.92 Å². The van der Waals surface area contributed by atoms with Crippen molar-refractivity contribution in [3.8, 4) is 0 Å². The number of hydroxylamine groups is 1. The molecule has 0 radical (unpaired) electrons. The lowest BCUT2D eigenvalue weighted by atomic mass is 9.87. The lowest BCUT2D eigenvalue weighted by Gasteiger charge is -2.27. The molecule has 1 atom stereocenters. The maximum absolute atomic E-state index is 13.2. The summed E-state index contributed by atoms with van der Waals surface area (Å²) in [4.78, 5) is 5.38. The van der Waals surface area contributed by atoms with E-state index in [0.717, 1.165) is 11.0 Å². The maximum Gasteiger partial charge on any atom is 0.392 e. The van der Waals surface area contributed by atoms with Gasteiger partial charge in [0.1, 0.15) is 5.60 Å². The fourth-order valence-corrected chi connectivity index (χ4v) is 4.18. The van der Waals surface area contributed by atoms with E-state index in [2.05, 4.69) is 5.48 Å². The first-order valence-electron chi connectivity index (χ1n) is 8.18. The third kappa shape index (κ3) is 4.51. The first kappa shape index (κ1) is 19.4. The highest BCUT2D eigenvalue weighted by Crippen LogP contribution is 2.44. The first-order valence-corrected chi connectivity index (χ1v) is 9.73. The number of benzene rings is 2. The number of halogens is 3. The number of sulfone groups is 1. The standard InChI is InChI=1S/C19H18F3NO3S/c1-14-7-9-17(10-8-14)27(24,25)12-16-11-18(26-23-16,13-19(20,21)22)15-5-3-2-4-6-15/h2-10,12,23H,11,13H2,1H3. The largest absolute Gasteiger partial charge is 0.392 e. The summed E-state index contributed by atoms with van der Waals surface area (Å²) in [6.45, 7) is 1.83. The van der Waals surface area contributed by atoms with Crippen LogP contribution < -0.4 is 5.48 Å². The second-order valence-corrected chi connectivity index (χ2v) is 8.33. The maximum atomic E-state index is 13.2. The Hall–Kier alpha value is -2.32. The monoisotopic (exact) mass is 397 g/mol. The Kier molecular flexibility index (Phi) is 5.05. The molecule has 1 saturated heterocycles. The van der Waals surface area contributed by atoms with Gasteiger partial charge in [-0.3, -0.25) is 10.3 Å². The first-order chi connectivity index (χ1) is 12.6. The van der Waals surface area contributed by atoms with E-state index < -0.39 is 28.0 Å². The second-order valence-electron chi connectivity index (χ2n) is 6.53. The number of aryl methyl sites for hydroxylation is 1. The van der Waals surface area contributed by atoms with Crippen LogP contribution in [0.3, 0.4) is 0 Å². The van der Waals surface area contributed by atoms with Gasteiger partial charge in [0.2, 0.25) is 9.84 Å². The molecule has 4 nitrogen and oxygen atoms in total. The number of hydrogen-bond acceptors (Lipinski definition) is 4. The van der Waals surface area contributed by atoms with Crippen molar-refractivity contribution in [2.45, 2.75) is 36.4 Å². The topological polar surface area (TPSA) is 55.4 Å². The molecule has 1 fully saturated rings. The van der Waals surface area contributed by atoms with E-state index >= 15 is 0 Å². The van der Waals surface area contributed by atoms with Gasteiger partial charge in [-0.2, -0.15) is 13.2 Å². The molecule has 1 N–H and O–H groups in total. The van der Waals surface area contributed by atoms with Gasteiger partial charge in [0.25, 0.3) is 0 Å². The van der Waals surface area contributed by atoms with Crippen LogP contribution in [-0.2, 0) is 20.3 Å². The minimum Gasteiger partial charge on any atom is -0.269 e. The number of alkyl halides is 3. The third-order valence-corrected chi connectivity index (χ3v) is 5.81. The number of hydrogen-bond donors (Lipinski definition) is 1. The van der Waals surface area contributed by atoms with Crippen molar-refractivity contribution in [1.82, 2.24) is 5.48 Å². The van der Waals surface area contributed by atoms with Gasteiger partial charge in [-0.05, 0) is 24.6 Å². The Morgan fingerprint density at radius 2 is 1.74 bits per heavy atom. The van der Waals surface area contributed by atoms with E-state index in [-0.39, 0.29) is 17.0 Å². The van der Waals surface area contributed by atoms with Gasteiger partial charge in [0.05, 0.1) is 22.4 Å². The fraction of sp³-hybridized carbons (Fsp3) is 0.263. The molecule has 1 unspecified atom stereocenters. The molecule has 1 aliphatic heterocycles. The van der Waals surface area contributed by atoms with Crippen LogP contribution >= 0.6 is 0 Å². The zero-order valence-electron chi connectivity index (χ0n) is 14.5. The molecule has 1 heterocycles. The van der Waals surface area contributed by atoms with Crippen LogP contribution in [0.25, 0.3) is 0 Å². The van der Waals surface area contributed by atoms with Crippen molar-refractivity contribution in [2.24, 2.45) is 0 Å². The van der Waals surface area contributed by atoms with E-state index in [1.54, 1.807) is 30.3 Å². The molecular formula is C19H18F3NO3S. The Bertz CT molecular complexity index is 938. The van der Waals surface area contributed by atoms with Gasteiger partial charge in [-0.25, -0.2) is 8.42 Å². The van der Waals surface area contributed by atoms with E-state index in [1.807, 2.05) is 6.92 Å². The molecule has 0 spiro atoms. The van der Waals surface area contributed by atoms with Crippen molar-refractivity contribution in [1.29, 1.82) is 0 Å². The van der Waals surface area contributed by atoms with E-state index in [9.17, 15) is 21.6 Å². The fourth-order valence-electron chi connectivity index (χ4n) is 3.02. The van der Waals surface area contributed by atoms with Gasteiger partial charge in [0, 0.05) is 6.42 Å². The molecule has 0 bridgehead atoms. The number of rotatable bonds is 4. The predicted molar refractivity (Wildman–Crippen MR) is 94.1 cm³/mol. The molecule has 0 aromatic heterocycles. The average Bonchev–Trinajstić information content (AvgIpc) is 2.97.